The van der Waals surface area contributed by atoms with E-state index in [-0.39, 0.29) is 23.7 Å². The fourth-order valence-electron chi connectivity index (χ4n) is 2.50. The van der Waals surface area contributed by atoms with E-state index in [1.807, 2.05) is 6.92 Å². The maximum Gasteiger partial charge on any atom is 0.292 e. The maximum absolute atomic E-state index is 12.1. The van der Waals surface area contributed by atoms with E-state index in [0.29, 0.717) is 21.8 Å². The molecule has 0 unspecified atom stereocenters. The smallest absolute Gasteiger partial charge is 0.292 e. The van der Waals surface area contributed by atoms with Gasteiger partial charge in [-0.3, -0.25) is 13.9 Å². The number of aryl methyl sites for hydroxylation is 1. The van der Waals surface area contributed by atoms with Gasteiger partial charge in [0.25, 0.3) is 5.56 Å². The van der Waals surface area contributed by atoms with Crippen molar-refractivity contribution in [1.29, 1.82) is 0 Å². The molecule has 2 N–H and O–H groups in total. The van der Waals surface area contributed by atoms with Gasteiger partial charge >= 0.3 is 0 Å². The van der Waals surface area contributed by atoms with Crippen molar-refractivity contribution in [2.45, 2.75) is 25.2 Å². The molecule has 2 rings (SSSR count). The Labute approximate surface area is 161 Å². The molecular weight excluding hydrogens is 366 g/mol. The molecule has 0 spiro atoms. The van der Waals surface area contributed by atoms with Gasteiger partial charge in [0.05, 0.1) is 12.0 Å². The SMILES string of the molecule is CCC#CCOc1ccc(S(O)(O)CC)cc1-c1cc(OC)c(=O)n(C)c1. The van der Waals surface area contributed by atoms with Crippen molar-refractivity contribution in [2.75, 3.05) is 19.5 Å². The van der Waals surface area contributed by atoms with Crippen LogP contribution in [-0.4, -0.2) is 33.1 Å². The van der Waals surface area contributed by atoms with E-state index in [1.54, 1.807) is 44.4 Å². The van der Waals surface area contributed by atoms with E-state index in [4.69, 9.17) is 9.47 Å². The standard InChI is InChI=1S/C20H25NO5S/c1-5-7-8-11-26-18-10-9-16(27(23,24)6-2)13-17(18)15-12-19(25-4)20(22)21(3)14-15/h9-10,12-14,23-24H,5-6,11H2,1-4H3. The van der Waals surface area contributed by atoms with Crippen molar-refractivity contribution in [3.63, 3.8) is 0 Å². The van der Waals surface area contributed by atoms with Gasteiger partial charge in [0.15, 0.2) is 5.75 Å². The van der Waals surface area contributed by atoms with Crippen LogP contribution in [-0.2, 0) is 7.05 Å². The summed E-state index contributed by atoms with van der Waals surface area (Å²) in [5, 5.41) is 0. The molecule has 0 fully saturated rings. The van der Waals surface area contributed by atoms with Crippen LogP contribution in [0.3, 0.4) is 0 Å². The van der Waals surface area contributed by atoms with Crippen LogP contribution in [0.5, 0.6) is 11.5 Å². The predicted octanol–water partition coefficient (Wildman–Crippen LogP) is 3.98. The Bertz CT molecular complexity index is 924. The normalized spacial score (nSPS) is 11.5. The second-order valence-electron chi connectivity index (χ2n) is 5.82. The lowest BCUT2D eigenvalue weighted by Gasteiger charge is -2.31. The van der Waals surface area contributed by atoms with Gasteiger partial charge in [-0.15, -0.1) is 5.92 Å². The van der Waals surface area contributed by atoms with Gasteiger partial charge in [-0.2, -0.15) is 10.6 Å². The van der Waals surface area contributed by atoms with Crippen LogP contribution in [0.4, 0.5) is 0 Å². The third kappa shape index (κ3) is 4.86. The third-order valence-corrected chi connectivity index (χ3v) is 5.83. The Hall–Kier alpha value is -2.40. The van der Waals surface area contributed by atoms with Crippen LogP contribution in [0.25, 0.3) is 11.1 Å². The first-order valence-electron chi connectivity index (χ1n) is 8.57. The van der Waals surface area contributed by atoms with Crippen LogP contribution in [0.2, 0.25) is 0 Å². The van der Waals surface area contributed by atoms with Gasteiger partial charge in [0.2, 0.25) is 0 Å². The van der Waals surface area contributed by atoms with Crippen molar-refractivity contribution in [2.24, 2.45) is 7.05 Å². The number of pyridine rings is 1. The van der Waals surface area contributed by atoms with Crippen LogP contribution in [0.1, 0.15) is 20.3 Å². The zero-order valence-corrected chi connectivity index (χ0v) is 16.8. The van der Waals surface area contributed by atoms with Gasteiger partial charge in [-0.1, -0.05) is 12.8 Å². The molecule has 146 valence electrons. The highest BCUT2D eigenvalue weighted by Gasteiger charge is 2.18. The molecule has 0 radical (unpaired) electrons. The number of methoxy groups -OCH3 is 1. The minimum Gasteiger partial charge on any atom is -0.491 e. The largest absolute Gasteiger partial charge is 0.491 e. The molecule has 6 nitrogen and oxygen atoms in total. The molecule has 1 aromatic heterocycles. The van der Waals surface area contributed by atoms with Crippen molar-refractivity contribution in [3.05, 3.63) is 40.8 Å². The summed E-state index contributed by atoms with van der Waals surface area (Å²) < 4.78 is 33.0. The highest BCUT2D eigenvalue weighted by atomic mass is 32.3. The lowest BCUT2D eigenvalue weighted by atomic mass is 10.1. The fraction of sp³-hybridized carbons (Fsp3) is 0.350. The molecule has 7 heteroatoms. The van der Waals surface area contributed by atoms with Gasteiger partial charge in [0, 0.05) is 36.5 Å². The summed E-state index contributed by atoms with van der Waals surface area (Å²) in [5.41, 5.74) is 1.04. The van der Waals surface area contributed by atoms with Crippen LogP contribution in [0.15, 0.2) is 40.2 Å². The first-order chi connectivity index (χ1) is 12.8. The Morgan fingerprint density at radius 3 is 2.52 bits per heavy atom. The number of rotatable bonds is 6. The molecule has 0 saturated carbocycles. The minimum absolute atomic E-state index is 0.194. The van der Waals surface area contributed by atoms with Crippen molar-refractivity contribution < 1.29 is 18.6 Å². The monoisotopic (exact) mass is 391 g/mol. The Morgan fingerprint density at radius 1 is 1.15 bits per heavy atom. The molecule has 0 atom stereocenters. The van der Waals surface area contributed by atoms with Gasteiger partial charge in [-0.25, -0.2) is 0 Å². The molecule has 0 aliphatic rings. The lowest BCUT2D eigenvalue weighted by Crippen LogP contribution is -2.17. The van der Waals surface area contributed by atoms with Crippen molar-refractivity contribution in [1.82, 2.24) is 4.57 Å². The Morgan fingerprint density at radius 2 is 1.89 bits per heavy atom. The second-order valence-corrected chi connectivity index (χ2v) is 8.20. The van der Waals surface area contributed by atoms with Gasteiger partial charge in [0.1, 0.15) is 12.4 Å². The molecule has 0 bridgehead atoms. The molecule has 2 aromatic rings. The van der Waals surface area contributed by atoms with Crippen molar-refractivity contribution in [3.8, 4) is 34.5 Å². The van der Waals surface area contributed by atoms with Crippen LogP contribution >= 0.6 is 10.6 Å². The molecule has 0 amide bonds. The highest BCUT2D eigenvalue weighted by molar-refractivity contribution is 8.24. The third-order valence-electron chi connectivity index (χ3n) is 4.01. The average molecular weight is 391 g/mol. The fourth-order valence-corrected chi connectivity index (χ4v) is 3.42. The van der Waals surface area contributed by atoms with Gasteiger partial charge < -0.3 is 14.0 Å². The number of ether oxygens (including phenoxy) is 2. The Balaban J connectivity index is 2.60. The summed E-state index contributed by atoms with van der Waals surface area (Å²) in [4.78, 5) is 12.5. The average Bonchev–Trinajstić information content (AvgIpc) is 2.67. The zero-order valence-electron chi connectivity index (χ0n) is 16.0. The van der Waals surface area contributed by atoms with E-state index < -0.39 is 10.6 Å². The molecule has 27 heavy (non-hydrogen) atoms. The van der Waals surface area contributed by atoms with Crippen molar-refractivity contribution >= 4 is 10.6 Å². The van der Waals surface area contributed by atoms with Crippen LogP contribution < -0.4 is 15.0 Å². The molecule has 0 saturated heterocycles. The summed E-state index contributed by atoms with van der Waals surface area (Å²) >= 11 is 0. The summed E-state index contributed by atoms with van der Waals surface area (Å²) in [6, 6.07) is 6.63. The summed E-state index contributed by atoms with van der Waals surface area (Å²) in [6.45, 7) is 3.89. The number of benzene rings is 1. The van der Waals surface area contributed by atoms with E-state index in [1.165, 1.54) is 11.7 Å². The number of nitrogens with zero attached hydrogens (tertiary/aromatic N) is 1. The first kappa shape index (κ1) is 20.9. The minimum atomic E-state index is -2.89. The number of hydrogen-bond acceptors (Lipinski definition) is 5. The van der Waals surface area contributed by atoms with E-state index >= 15 is 0 Å². The molecule has 0 aliphatic heterocycles. The molecular formula is C20H25NO5S. The second kappa shape index (κ2) is 9.00. The molecule has 0 aliphatic carbocycles. The summed E-state index contributed by atoms with van der Waals surface area (Å²) in [5.74, 6) is 6.80. The maximum atomic E-state index is 12.1. The van der Waals surface area contributed by atoms with Gasteiger partial charge in [-0.05, 0) is 31.2 Å². The van der Waals surface area contributed by atoms with E-state index in [0.717, 1.165) is 6.42 Å². The Kier molecular flexibility index (Phi) is 6.97. The zero-order chi connectivity index (χ0) is 20.0. The van der Waals surface area contributed by atoms with Crippen LogP contribution in [0, 0.1) is 11.8 Å². The molecule has 1 aromatic carbocycles. The lowest BCUT2D eigenvalue weighted by molar-refractivity contribution is 0.371. The number of hydrogen-bond donors (Lipinski definition) is 2. The molecule has 1 heterocycles. The predicted molar refractivity (Wildman–Crippen MR) is 109 cm³/mol. The topological polar surface area (TPSA) is 80.9 Å². The first-order valence-corrected chi connectivity index (χ1v) is 10.3. The van der Waals surface area contributed by atoms with E-state index in [9.17, 15) is 13.9 Å². The summed E-state index contributed by atoms with van der Waals surface area (Å²) in [7, 11) is 0.171. The number of aromatic nitrogens is 1. The summed E-state index contributed by atoms with van der Waals surface area (Å²) in [6.07, 6.45) is 2.40. The van der Waals surface area contributed by atoms with E-state index in [2.05, 4.69) is 11.8 Å². The quantitative estimate of drug-likeness (QED) is 0.728. The highest BCUT2D eigenvalue weighted by Crippen LogP contribution is 2.49.